The summed E-state index contributed by atoms with van der Waals surface area (Å²) in [4.78, 5) is 40.6. The molecule has 1 saturated heterocycles. The van der Waals surface area contributed by atoms with E-state index in [0.717, 1.165) is 34.6 Å². The highest BCUT2D eigenvalue weighted by atomic mass is 16.2. The van der Waals surface area contributed by atoms with Crippen LogP contribution in [0.1, 0.15) is 24.0 Å². The van der Waals surface area contributed by atoms with Crippen molar-refractivity contribution >= 4 is 23.5 Å². The van der Waals surface area contributed by atoms with E-state index < -0.39 is 12.1 Å². The molecule has 0 spiro atoms. The third-order valence-corrected chi connectivity index (χ3v) is 5.38. The molecule has 1 N–H and O–H groups in total. The molecule has 1 atom stereocenters. The van der Waals surface area contributed by atoms with Crippen molar-refractivity contribution in [2.45, 2.75) is 31.7 Å². The van der Waals surface area contributed by atoms with Crippen molar-refractivity contribution in [1.29, 1.82) is 0 Å². The quantitative estimate of drug-likeness (QED) is 0.814. The topological polar surface area (TPSA) is 69.7 Å². The highest BCUT2D eigenvalue weighted by Gasteiger charge is 2.39. The van der Waals surface area contributed by atoms with Gasteiger partial charge in [0.25, 0.3) is 5.91 Å². The van der Waals surface area contributed by atoms with Crippen LogP contribution >= 0.6 is 0 Å². The van der Waals surface area contributed by atoms with Gasteiger partial charge in [-0.2, -0.15) is 0 Å². The number of hydrogen-bond acceptors (Lipinski definition) is 3. The minimum atomic E-state index is -0.575. The van der Waals surface area contributed by atoms with Crippen molar-refractivity contribution in [2.24, 2.45) is 0 Å². The third-order valence-electron chi connectivity index (χ3n) is 5.38. The van der Waals surface area contributed by atoms with Gasteiger partial charge in [0.05, 0.1) is 0 Å². The van der Waals surface area contributed by atoms with Crippen molar-refractivity contribution < 1.29 is 14.4 Å². The second-order valence-electron chi connectivity index (χ2n) is 7.23. The van der Waals surface area contributed by atoms with E-state index in [1.807, 2.05) is 54.6 Å². The maximum absolute atomic E-state index is 12.8. The van der Waals surface area contributed by atoms with E-state index in [2.05, 4.69) is 5.32 Å². The zero-order valence-electron chi connectivity index (χ0n) is 15.6. The number of benzene rings is 2. The Morgan fingerprint density at radius 1 is 1.04 bits per heavy atom. The van der Waals surface area contributed by atoms with Crippen LogP contribution in [0.15, 0.2) is 54.6 Å². The van der Waals surface area contributed by atoms with Crippen molar-refractivity contribution in [2.75, 3.05) is 18.0 Å². The smallest absolute Gasteiger partial charge is 0.325 e. The lowest BCUT2D eigenvalue weighted by molar-refractivity contribution is -0.131. The van der Waals surface area contributed by atoms with E-state index in [4.69, 9.17) is 0 Å². The van der Waals surface area contributed by atoms with Gasteiger partial charge in [-0.15, -0.1) is 0 Å². The Kier molecular flexibility index (Phi) is 5.10. The Bertz CT molecular complexity index is 897. The lowest BCUT2D eigenvalue weighted by Gasteiger charge is -2.30. The van der Waals surface area contributed by atoms with Gasteiger partial charge in [0.2, 0.25) is 5.91 Å². The van der Waals surface area contributed by atoms with E-state index in [9.17, 15) is 14.4 Å². The number of nitrogens with zero attached hydrogens (tertiary/aromatic N) is 2. The molecule has 0 aliphatic carbocycles. The normalized spacial score (nSPS) is 18.8. The molecule has 0 unspecified atom stereocenters. The molecule has 4 rings (SSSR count). The molecule has 2 aromatic rings. The Labute approximate surface area is 164 Å². The van der Waals surface area contributed by atoms with Crippen LogP contribution in [0.2, 0.25) is 0 Å². The van der Waals surface area contributed by atoms with Gasteiger partial charge in [0, 0.05) is 12.2 Å². The molecule has 0 saturated carbocycles. The molecule has 4 amide bonds. The Morgan fingerprint density at radius 2 is 1.79 bits per heavy atom. The fourth-order valence-corrected chi connectivity index (χ4v) is 3.89. The van der Waals surface area contributed by atoms with Crippen LogP contribution in [0, 0.1) is 0 Å². The fourth-order valence-electron chi connectivity index (χ4n) is 3.89. The zero-order chi connectivity index (χ0) is 19.5. The molecular weight excluding hydrogens is 354 g/mol. The van der Waals surface area contributed by atoms with Crippen LogP contribution in [-0.4, -0.2) is 41.9 Å². The summed E-state index contributed by atoms with van der Waals surface area (Å²) >= 11 is 0. The van der Waals surface area contributed by atoms with Gasteiger partial charge in [0.1, 0.15) is 12.6 Å². The predicted octanol–water partition coefficient (Wildman–Crippen LogP) is 2.52. The van der Waals surface area contributed by atoms with Gasteiger partial charge >= 0.3 is 6.03 Å². The summed E-state index contributed by atoms with van der Waals surface area (Å²) < 4.78 is 0. The van der Waals surface area contributed by atoms with E-state index in [-0.39, 0.29) is 18.4 Å². The molecule has 2 aromatic carbocycles. The highest BCUT2D eigenvalue weighted by molar-refractivity contribution is 6.08. The van der Waals surface area contributed by atoms with E-state index in [1.54, 1.807) is 4.90 Å². The van der Waals surface area contributed by atoms with Crippen molar-refractivity contribution in [3.8, 4) is 0 Å². The number of hydrogen-bond donors (Lipinski definition) is 1. The number of aryl methyl sites for hydroxylation is 2. The SMILES string of the molecule is O=C1N[C@H](CCc2ccccc2)C(=O)N1CC(=O)N1CCCc2ccccc21. The van der Waals surface area contributed by atoms with Crippen LogP contribution in [0.25, 0.3) is 0 Å². The van der Waals surface area contributed by atoms with Crippen LogP contribution in [0.5, 0.6) is 0 Å². The number of anilines is 1. The molecule has 1 fully saturated rings. The predicted molar refractivity (Wildman–Crippen MR) is 106 cm³/mol. The number of amides is 4. The zero-order valence-corrected chi connectivity index (χ0v) is 15.6. The van der Waals surface area contributed by atoms with Crippen LogP contribution < -0.4 is 10.2 Å². The molecule has 6 heteroatoms. The molecule has 0 aromatic heterocycles. The average Bonchev–Trinajstić information content (AvgIpc) is 3.00. The molecule has 6 nitrogen and oxygen atoms in total. The molecular formula is C22H23N3O3. The van der Waals surface area contributed by atoms with Gasteiger partial charge in [0.15, 0.2) is 0 Å². The number of urea groups is 1. The van der Waals surface area contributed by atoms with Crippen molar-refractivity contribution in [1.82, 2.24) is 10.2 Å². The molecule has 144 valence electrons. The summed E-state index contributed by atoms with van der Waals surface area (Å²) in [6.45, 7) is 0.387. The summed E-state index contributed by atoms with van der Waals surface area (Å²) in [5.74, 6) is -0.543. The number of carbonyl (C=O) groups excluding carboxylic acids is 3. The molecule has 2 aliphatic rings. The first-order valence-electron chi connectivity index (χ1n) is 9.67. The summed E-state index contributed by atoms with van der Waals surface area (Å²) in [5, 5.41) is 2.72. The maximum atomic E-state index is 12.8. The molecule has 2 heterocycles. The van der Waals surface area contributed by atoms with Gasteiger partial charge < -0.3 is 10.2 Å². The molecule has 28 heavy (non-hydrogen) atoms. The largest absolute Gasteiger partial charge is 0.326 e. The first-order chi connectivity index (χ1) is 13.6. The van der Waals surface area contributed by atoms with Crippen molar-refractivity contribution in [3.63, 3.8) is 0 Å². The summed E-state index contributed by atoms with van der Waals surface area (Å²) in [6.07, 6.45) is 3.03. The first-order valence-corrected chi connectivity index (χ1v) is 9.67. The maximum Gasteiger partial charge on any atom is 0.325 e. The minimum absolute atomic E-state index is 0.221. The summed E-state index contributed by atoms with van der Waals surface area (Å²) in [5.41, 5.74) is 3.12. The van der Waals surface area contributed by atoms with Gasteiger partial charge in [-0.3, -0.25) is 14.5 Å². The molecule has 0 radical (unpaired) electrons. The van der Waals surface area contributed by atoms with E-state index in [0.29, 0.717) is 19.4 Å². The Hall–Kier alpha value is -3.15. The van der Waals surface area contributed by atoms with Gasteiger partial charge in [-0.05, 0) is 42.9 Å². The lowest BCUT2D eigenvalue weighted by atomic mass is 10.0. The second-order valence-corrected chi connectivity index (χ2v) is 7.23. The summed E-state index contributed by atoms with van der Waals surface area (Å²) in [6, 6.07) is 16.6. The monoisotopic (exact) mass is 377 g/mol. The first kappa shape index (κ1) is 18.2. The number of fused-ring (bicyclic) bond motifs is 1. The second kappa shape index (κ2) is 7.84. The molecule has 2 aliphatic heterocycles. The number of carbonyl (C=O) groups is 3. The summed E-state index contributed by atoms with van der Waals surface area (Å²) in [7, 11) is 0. The Morgan fingerprint density at radius 3 is 2.61 bits per heavy atom. The van der Waals surface area contributed by atoms with Crippen LogP contribution in [0.4, 0.5) is 10.5 Å². The highest BCUT2D eigenvalue weighted by Crippen LogP contribution is 2.27. The average molecular weight is 377 g/mol. The number of imide groups is 1. The number of para-hydroxylation sites is 1. The van der Waals surface area contributed by atoms with Gasteiger partial charge in [-0.25, -0.2) is 4.79 Å². The van der Waals surface area contributed by atoms with E-state index >= 15 is 0 Å². The lowest BCUT2D eigenvalue weighted by Crippen LogP contribution is -2.45. The minimum Gasteiger partial charge on any atom is -0.326 e. The number of rotatable bonds is 5. The fraction of sp³-hybridized carbons (Fsp3) is 0.318. The standard InChI is InChI=1S/C22H23N3O3/c26-20(24-14-6-10-17-9-4-5-11-19(17)24)15-25-21(27)18(23-22(25)28)13-12-16-7-2-1-3-8-16/h1-5,7-9,11,18H,6,10,12-15H2,(H,23,28)/t18-/m1/s1. The molecule has 0 bridgehead atoms. The Balaban J connectivity index is 1.40. The van der Waals surface area contributed by atoms with E-state index in [1.165, 1.54) is 0 Å². The van der Waals surface area contributed by atoms with Gasteiger partial charge in [-0.1, -0.05) is 48.5 Å². The third kappa shape index (κ3) is 3.63. The van der Waals surface area contributed by atoms with Crippen LogP contribution in [0.3, 0.4) is 0 Å². The van der Waals surface area contributed by atoms with Crippen molar-refractivity contribution in [3.05, 3.63) is 65.7 Å². The number of nitrogens with one attached hydrogen (secondary N) is 1. The van der Waals surface area contributed by atoms with Crippen LogP contribution in [-0.2, 0) is 22.4 Å².